The minimum Gasteiger partial charge on any atom is -0.779 e. The van der Waals surface area contributed by atoms with Crippen LogP contribution in [-0.4, -0.2) is 39.8 Å². The molecule has 0 spiro atoms. The van der Waals surface area contributed by atoms with Gasteiger partial charge in [0.15, 0.2) is 0 Å². The molecule has 9 nitrogen and oxygen atoms in total. The van der Waals surface area contributed by atoms with Gasteiger partial charge >= 0.3 is 17.1 Å². The molecule has 0 rings (SSSR count). The zero-order valence-corrected chi connectivity index (χ0v) is 47.0. The van der Waals surface area contributed by atoms with Gasteiger partial charge in [-0.1, -0.05) is 271 Å². The van der Waals surface area contributed by atoms with E-state index in [0.29, 0.717) is 0 Å². The molecule has 64 heavy (non-hydrogen) atoms. The molecule has 0 saturated carbocycles. The SMILES string of the molecule is CCCCCCCCCCCCCCCCP(=O)([O-])OC.CCCCCCCCCCCCCCCCP(=O)([O-])OC.CCCCCCCCCCCCCCCCP(=O)([O-])OC.[Fe+3]. The van der Waals surface area contributed by atoms with E-state index in [1.54, 1.807) is 0 Å². The summed E-state index contributed by atoms with van der Waals surface area (Å²) in [5.41, 5.74) is 0. The van der Waals surface area contributed by atoms with Gasteiger partial charge in [0.2, 0.25) is 0 Å². The van der Waals surface area contributed by atoms with Crippen LogP contribution in [0.3, 0.4) is 0 Å². The van der Waals surface area contributed by atoms with Gasteiger partial charge in [-0.15, -0.1) is 0 Å². The number of rotatable bonds is 48. The number of hydrogen-bond donors (Lipinski definition) is 0. The molecule has 0 amide bonds. The van der Waals surface area contributed by atoms with Crippen molar-refractivity contribution in [1.82, 2.24) is 0 Å². The van der Waals surface area contributed by atoms with Crippen LogP contribution in [0.5, 0.6) is 0 Å². The molecule has 0 heterocycles. The standard InChI is InChI=1S/3C17H37O3P.Fe/c3*1-3-4-5-6-7-8-9-10-11-12-13-14-15-16-17-21(18,19)20-2;/h3*3-17H2,1-2H3,(H,18,19);/q;;;+3/p-3. The van der Waals surface area contributed by atoms with E-state index in [1.165, 1.54) is 233 Å². The van der Waals surface area contributed by atoms with Crippen molar-refractivity contribution < 1.29 is 59.0 Å². The first kappa shape index (κ1) is 71.5. The zero-order chi connectivity index (χ0) is 47.4. The molecule has 13 heteroatoms. The summed E-state index contributed by atoms with van der Waals surface area (Å²) < 4.78 is 46.7. The van der Waals surface area contributed by atoms with Gasteiger partial charge in [-0.2, -0.15) is 0 Å². The summed E-state index contributed by atoms with van der Waals surface area (Å²) in [5, 5.41) is 0. The molecule has 0 N–H and O–H groups in total. The van der Waals surface area contributed by atoms with E-state index in [-0.39, 0.29) is 35.6 Å². The van der Waals surface area contributed by atoms with Crippen LogP contribution in [0.4, 0.5) is 0 Å². The molecule has 0 bridgehead atoms. The summed E-state index contributed by atoms with van der Waals surface area (Å²) >= 11 is 0. The van der Waals surface area contributed by atoms with Crippen LogP contribution in [0.1, 0.15) is 290 Å². The van der Waals surface area contributed by atoms with Gasteiger partial charge in [-0.3, -0.25) is 0 Å². The second-order valence-corrected chi connectivity index (χ2v) is 24.4. The molecule has 0 aliphatic heterocycles. The normalized spacial score (nSPS) is 14.0. The summed E-state index contributed by atoms with van der Waals surface area (Å²) in [6, 6.07) is 0. The summed E-state index contributed by atoms with van der Waals surface area (Å²) in [4.78, 5) is 33.4. The summed E-state index contributed by atoms with van der Waals surface area (Å²) in [5.74, 6) is 0. The van der Waals surface area contributed by atoms with E-state index >= 15 is 0 Å². The Hall–Kier alpha value is 0.969. The van der Waals surface area contributed by atoms with Crippen molar-refractivity contribution in [3.8, 4) is 0 Å². The molecule has 0 aliphatic rings. The molecule has 389 valence electrons. The van der Waals surface area contributed by atoms with E-state index in [2.05, 4.69) is 34.3 Å². The molecular formula is C51H108FeO9P3. The molecule has 0 aromatic carbocycles. The second-order valence-electron chi connectivity index (χ2n) is 18.3. The molecular weight excluding hydrogens is 905 g/mol. The fourth-order valence-electron chi connectivity index (χ4n) is 7.77. The molecule has 3 unspecified atom stereocenters. The first-order valence-corrected chi connectivity index (χ1v) is 32.1. The van der Waals surface area contributed by atoms with E-state index < -0.39 is 22.8 Å². The Bertz CT molecular complexity index is 900. The smallest absolute Gasteiger partial charge is 0.779 e. The van der Waals surface area contributed by atoms with E-state index in [0.717, 1.165) is 57.8 Å². The topological polar surface area (TPSA) is 148 Å². The maximum absolute atomic E-state index is 11.1. The van der Waals surface area contributed by atoms with Crippen molar-refractivity contribution in [3.63, 3.8) is 0 Å². The van der Waals surface area contributed by atoms with E-state index in [9.17, 15) is 28.4 Å². The Labute approximate surface area is 410 Å². The van der Waals surface area contributed by atoms with Crippen LogP contribution in [0.2, 0.25) is 0 Å². The second kappa shape index (κ2) is 56.6. The van der Waals surface area contributed by atoms with Gasteiger partial charge in [0.1, 0.15) is 22.8 Å². The minimum atomic E-state index is -3.51. The zero-order valence-electron chi connectivity index (χ0n) is 43.2. The van der Waals surface area contributed by atoms with Gasteiger partial charge < -0.3 is 41.9 Å². The van der Waals surface area contributed by atoms with Crippen LogP contribution in [0, 0.1) is 0 Å². The fourth-order valence-corrected chi connectivity index (χ4v) is 10.2. The first-order valence-electron chi connectivity index (χ1n) is 26.9. The van der Waals surface area contributed by atoms with Gasteiger partial charge in [0.05, 0.1) is 0 Å². The van der Waals surface area contributed by atoms with Crippen molar-refractivity contribution in [3.05, 3.63) is 0 Å². The number of unbranched alkanes of at least 4 members (excludes halogenated alkanes) is 39. The average Bonchev–Trinajstić information content (AvgIpc) is 3.27. The van der Waals surface area contributed by atoms with E-state index in [1.807, 2.05) is 0 Å². The van der Waals surface area contributed by atoms with Gasteiger partial charge in [-0.05, 0) is 19.3 Å². The van der Waals surface area contributed by atoms with Crippen LogP contribution in [0.25, 0.3) is 0 Å². The molecule has 0 aromatic rings. The minimum absolute atomic E-state index is 0. The van der Waals surface area contributed by atoms with Crippen LogP contribution < -0.4 is 14.7 Å². The summed E-state index contributed by atoms with van der Waals surface area (Å²) in [7, 11) is -6.78. The fraction of sp³-hybridized carbons (Fsp3) is 1.00. The first-order chi connectivity index (χ1) is 30.4. The molecule has 3 atom stereocenters. The largest absolute Gasteiger partial charge is 3.00 e. The quantitative estimate of drug-likeness (QED) is 0.0330. The predicted octanol–water partition coefficient (Wildman–Crippen LogP) is 17.0. The third-order valence-corrected chi connectivity index (χ3v) is 16.5. The maximum atomic E-state index is 11.1. The number of hydrogen-bond acceptors (Lipinski definition) is 9. The van der Waals surface area contributed by atoms with E-state index in [4.69, 9.17) is 0 Å². The molecule has 0 fully saturated rings. The Balaban J connectivity index is -0.000000419. The van der Waals surface area contributed by atoms with Crippen molar-refractivity contribution in [2.45, 2.75) is 290 Å². The molecule has 0 aliphatic carbocycles. The molecule has 1 radical (unpaired) electrons. The Morgan fingerprint density at radius 1 is 0.250 bits per heavy atom. The Kier molecular flexibility index (Phi) is 63.2. The van der Waals surface area contributed by atoms with Gasteiger partial charge in [0.25, 0.3) is 0 Å². The van der Waals surface area contributed by atoms with Gasteiger partial charge in [0, 0.05) is 39.8 Å². The van der Waals surface area contributed by atoms with Crippen molar-refractivity contribution in [1.29, 1.82) is 0 Å². The van der Waals surface area contributed by atoms with Crippen LogP contribution in [0.15, 0.2) is 0 Å². The maximum Gasteiger partial charge on any atom is 3.00 e. The monoisotopic (exact) mass is 1010 g/mol. The molecule has 0 aromatic heterocycles. The van der Waals surface area contributed by atoms with Crippen molar-refractivity contribution in [2.24, 2.45) is 0 Å². The summed E-state index contributed by atoms with van der Waals surface area (Å²) in [6.45, 7) is 6.78. The predicted molar refractivity (Wildman–Crippen MR) is 269 cm³/mol. The van der Waals surface area contributed by atoms with Crippen molar-refractivity contribution in [2.75, 3.05) is 39.8 Å². The van der Waals surface area contributed by atoms with Gasteiger partial charge in [-0.25, -0.2) is 0 Å². The molecule has 0 saturated heterocycles. The Morgan fingerprint density at radius 3 is 0.469 bits per heavy atom. The summed E-state index contributed by atoms with van der Waals surface area (Å²) in [6.07, 6.45) is 54.3. The van der Waals surface area contributed by atoms with Crippen LogP contribution >= 0.6 is 22.8 Å². The third kappa shape index (κ3) is 65.1. The third-order valence-electron chi connectivity index (χ3n) is 12.2. The Morgan fingerprint density at radius 2 is 0.359 bits per heavy atom. The van der Waals surface area contributed by atoms with Crippen LogP contribution in [-0.2, 0) is 44.3 Å². The average molecular weight is 1010 g/mol. The van der Waals surface area contributed by atoms with Crippen molar-refractivity contribution >= 4 is 22.8 Å².